The highest BCUT2D eigenvalue weighted by Crippen LogP contribution is 2.87. The van der Waals surface area contributed by atoms with Gasteiger partial charge in [0.15, 0.2) is 6.29 Å². The Bertz CT molecular complexity index is 1190. The summed E-state index contributed by atoms with van der Waals surface area (Å²) >= 11 is 0. The van der Waals surface area contributed by atoms with E-state index in [1.54, 1.807) is 7.11 Å². The number of aliphatic hydroxyl groups is 1. The largest absolute Gasteiger partial charge is 0.388 e. The Morgan fingerprint density at radius 3 is 2.47 bits per heavy atom. The molecule has 0 aromatic rings. The van der Waals surface area contributed by atoms with Gasteiger partial charge in [-0.15, -0.1) is 0 Å². The maximum Gasteiger partial charge on any atom is 0.170 e. The second-order valence-electron chi connectivity index (χ2n) is 19.7. The average molecular weight is 687 g/mol. The fourth-order valence-corrected chi connectivity index (χ4v) is 14.3. The molecular weight excluding hydrogens is 616 g/mol. The number of nitrogens with zero attached hydrogens (tertiary/aromatic N) is 2. The van der Waals surface area contributed by atoms with Crippen molar-refractivity contribution in [3.8, 4) is 0 Å². The molecule has 3 aliphatic heterocycles. The van der Waals surface area contributed by atoms with Crippen molar-refractivity contribution in [2.45, 2.75) is 142 Å². The third-order valence-electron chi connectivity index (χ3n) is 16.5. The van der Waals surface area contributed by atoms with Gasteiger partial charge < -0.3 is 33.7 Å². The van der Waals surface area contributed by atoms with Gasteiger partial charge in [0.25, 0.3) is 0 Å². The maximum absolute atomic E-state index is 11.0. The summed E-state index contributed by atoms with van der Waals surface area (Å²) in [5, 5.41) is 11.0. The lowest BCUT2D eigenvalue weighted by molar-refractivity contribution is -0.246. The molecule has 10 unspecified atom stereocenters. The van der Waals surface area contributed by atoms with Crippen molar-refractivity contribution in [3.05, 3.63) is 0 Å². The monoisotopic (exact) mass is 687 g/mol. The van der Waals surface area contributed by atoms with E-state index in [-0.39, 0.29) is 30.0 Å². The lowest BCUT2D eigenvalue weighted by atomic mass is 9.46. The molecule has 49 heavy (non-hydrogen) atoms. The molecule has 1 N–H and O–H groups in total. The Kier molecular flexibility index (Phi) is 9.41. The van der Waals surface area contributed by atoms with Crippen LogP contribution < -0.4 is 0 Å². The van der Waals surface area contributed by atoms with E-state index >= 15 is 0 Å². The number of fused-ring (bicyclic) bond motifs is 4. The van der Waals surface area contributed by atoms with Gasteiger partial charge >= 0.3 is 0 Å². The van der Waals surface area contributed by atoms with Crippen molar-refractivity contribution in [1.82, 2.24) is 9.80 Å². The molecule has 12 atom stereocenters. The number of likely N-dealkylation sites (tertiary alicyclic amines) is 1. The topological polar surface area (TPSA) is 72.9 Å². The van der Waals surface area contributed by atoms with Crippen molar-refractivity contribution >= 4 is 0 Å². The lowest BCUT2D eigenvalue weighted by Crippen LogP contribution is -2.57. The second-order valence-corrected chi connectivity index (χ2v) is 19.7. The summed E-state index contributed by atoms with van der Waals surface area (Å²) in [6.45, 7) is 22.3. The molecule has 0 radical (unpaired) electrons. The average Bonchev–Trinajstić information content (AvgIpc) is 3.61. The fourth-order valence-electron chi connectivity index (χ4n) is 14.3. The summed E-state index contributed by atoms with van der Waals surface area (Å²) in [5.74, 6) is 3.76. The van der Waals surface area contributed by atoms with Crippen molar-refractivity contribution in [2.75, 3.05) is 66.2 Å². The van der Waals surface area contributed by atoms with Crippen molar-refractivity contribution in [2.24, 2.45) is 51.2 Å². The highest BCUT2D eigenvalue weighted by molar-refractivity contribution is 5.29. The summed E-state index contributed by atoms with van der Waals surface area (Å²) in [6.07, 6.45) is 13.2. The second kappa shape index (κ2) is 12.9. The number of rotatable bonds is 11. The Morgan fingerprint density at radius 1 is 0.918 bits per heavy atom. The van der Waals surface area contributed by atoms with E-state index < -0.39 is 5.60 Å². The third-order valence-corrected chi connectivity index (χ3v) is 16.5. The molecule has 8 rings (SSSR count). The standard InChI is InChI=1S/C41H70N2O6/c1-8-46-36(38(4,5)44)31-11-9-29-32(48-31)21-30-28-10-12-33-37(2,3)34(13-14-41(33)26-40(28,41)16-15-39(29,30)6)49-35-25-43(18-20-47-35)24-27-22-42(23-27)17-19-45-7/h27-36,44H,8-26H2,1-7H3/t28?,29?,30?,31?,32?,33?,34-,35?,36?,39?,40-,41?/m0/s1. The van der Waals surface area contributed by atoms with E-state index in [2.05, 4.69) is 30.6 Å². The molecule has 5 saturated carbocycles. The first kappa shape index (κ1) is 35.7. The van der Waals surface area contributed by atoms with Crippen LogP contribution in [-0.4, -0.2) is 117 Å². The molecule has 0 aromatic heterocycles. The summed E-state index contributed by atoms with van der Waals surface area (Å²) in [4.78, 5) is 5.12. The van der Waals surface area contributed by atoms with Gasteiger partial charge in [0, 0.05) is 53.0 Å². The number of hydrogen-bond acceptors (Lipinski definition) is 8. The van der Waals surface area contributed by atoms with Crippen LogP contribution in [0.1, 0.15) is 106 Å². The summed E-state index contributed by atoms with van der Waals surface area (Å²) in [7, 11) is 1.79. The Balaban J connectivity index is 0.903. The third kappa shape index (κ3) is 5.83. The van der Waals surface area contributed by atoms with Crippen LogP contribution in [-0.2, 0) is 23.7 Å². The van der Waals surface area contributed by atoms with Gasteiger partial charge in [-0.05, 0) is 136 Å². The zero-order valence-corrected chi connectivity index (χ0v) is 32.1. The number of ether oxygens (including phenoxy) is 5. The zero-order valence-electron chi connectivity index (χ0n) is 32.1. The van der Waals surface area contributed by atoms with E-state index in [0.717, 1.165) is 69.5 Å². The fraction of sp³-hybridized carbons (Fsp3) is 1.00. The quantitative estimate of drug-likeness (QED) is 0.284. The number of methoxy groups -OCH3 is 1. The van der Waals surface area contributed by atoms with E-state index in [1.807, 2.05) is 20.8 Å². The van der Waals surface area contributed by atoms with Crippen LogP contribution in [0.25, 0.3) is 0 Å². The molecule has 8 aliphatic rings. The van der Waals surface area contributed by atoms with Crippen LogP contribution in [0, 0.1) is 51.2 Å². The van der Waals surface area contributed by atoms with E-state index in [0.29, 0.717) is 34.9 Å². The molecular formula is C41H70N2O6. The number of morpholine rings is 1. The summed E-state index contributed by atoms with van der Waals surface area (Å²) in [6, 6.07) is 0. The minimum atomic E-state index is -0.897. The molecule has 0 aromatic carbocycles. The van der Waals surface area contributed by atoms with Crippen LogP contribution in [0.2, 0.25) is 0 Å². The SMILES string of the molecule is CCOC(C1CCC2C(CC3C4CCC5C(C)(C)[C@@H](OC6CN(CC7CN(CCOC)C7)CCO6)CCC56C[C@@]46CCC23C)O1)C(C)(C)O. The van der Waals surface area contributed by atoms with Crippen LogP contribution in [0.4, 0.5) is 0 Å². The van der Waals surface area contributed by atoms with E-state index in [1.165, 1.54) is 70.9 Å². The normalized spacial score (nSPS) is 47.3. The molecule has 2 spiro atoms. The van der Waals surface area contributed by atoms with Crippen molar-refractivity contribution < 1.29 is 28.8 Å². The zero-order chi connectivity index (χ0) is 34.4. The highest BCUT2D eigenvalue weighted by Gasteiger charge is 2.80. The lowest BCUT2D eigenvalue weighted by Gasteiger charge is -2.60. The molecule has 8 nitrogen and oxygen atoms in total. The van der Waals surface area contributed by atoms with E-state index in [4.69, 9.17) is 23.7 Å². The Labute approximate surface area is 297 Å². The molecule has 3 heterocycles. The van der Waals surface area contributed by atoms with Gasteiger partial charge in [0.1, 0.15) is 6.10 Å². The minimum absolute atomic E-state index is 0.00660. The smallest absolute Gasteiger partial charge is 0.170 e. The van der Waals surface area contributed by atoms with Gasteiger partial charge in [-0.2, -0.15) is 0 Å². The molecule has 0 bridgehead atoms. The Morgan fingerprint density at radius 2 is 1.71 bits per heavy atom. The van der Waals surface area contributed by atoms with Crippen LogP contribution >= 0.6 is 0 Å². The molecule has 8 heteroatoms. The van der Waals surface area contributed by atoms with Gasteiger partial charge in [-0.25, -0.2) is 0 Å². The molecule has 5 aliphatic carbocycles. The van der Waals surface area contributed by atoms with Gasteiger partial charge in [0.05, 0.1) is 37.1 Å². The molecule has 3 saturated heterocycles. The first-order valence-corrected chi connectivity index (χ1v) is 20.5. The summed E-state index contributed by atoms with van der Waals surface area (Å²) < 4.78 is 31.7. The Hall–Kier alpha value is -0.320. The maximum atomic E-state index is 11.0. The van der Waals surface area contributed by atoms with Crippen molar-refractivity contribution in [1.29, 1.82) is 0 Å². The first-order valence-electron chi connectivity index (χ1n) is 20.5. The van der Waals surface area contributed by atoms with Gasteiger partial charge in [-0.3, -0.25) is 4.90 Å². The van der Waals surface area contributed by atoms with Gasteiger partial charge in [-0.1, -0.05) is 20.8 Å². The molecule has 280 valence electrons. The van der Waals surface area contributed by atoms with Crippen molar-refractivity contribution in [3.63, 3.8) is 0 Å². The molecule has 0 amide bonds. The van der Waals surface area contributed by atoms with Crippen LogP contribution in [0.5, 0.6) is 0 Å². The minimum Gasteiger partial charge on any atom is -0.388 e. The summed E-state index contributed by atoms with van der Waals surface area (Å²) in [5.41, 5.74) is 0.706. The van der Waals surface area contributed by atoms with Crippen LogP contribution in [0.15, 0.2) is 0 Å². The predicted octanol–water partition coefficient (Wildman–Crippen LogP) is 5.99. The number of hydrogen-bond donors (Lipinski definition) is 1. The highest BCUT2D eigenvalue weighted by atomic mass is 16.7. The first-order chi connectivity index (χ1) is 23.3. The predicted molar refractivity (Wildman–Crippen MR) is 190 cm³/mol. The van der Waals surface area contributed by atoms with E-state index in [9.17, 15) is 5.11 Å². The van der Waals surface area contributed by atoms with Gasteiger partial charge in [0.2, 0.25) is 0 Å². The molecule has 8 fully saturated rings. The van der Waals surface area contributed by atoms with Crippen LogP contribution in [0.3, 0.4) is 0 Å².